The lowest BCUT2D eigenvalue weighted by molar-refractivity contribution is -0.134. The van der Waals surface area contributed by atoms with Crippen LogP contribution >= 0.6 is 0 Å². The van der Waals surface area contributed by atoms with Gasteiger partial charge in [-0.15, -0.1) is 0 Å². The van der Waals surface area contributed by atoms with Crippen LogP contribution in [0.5, 0.6) is 0 Å². The van der Waals surface area contributed by atoms with E-state index in [1.165, 1.54) is 29.5 Å². The molecule has 1 aliphatic rings. The number of benzene rings is 3. The summed E-state index contributed by atoms with van der Waals surface area (Å²) in [5, 5.41) is 17.9. The fourth-order valence-corrected chi connectivity index (χ4v) is 4.41. The van der Waals surface area contributed by atoms with Crippen molar-refractivity contribution in [1.82, 2.24) is 4.90 Å². The summed E-state index contributed by atoms with van der Waals surface area (Å²) < 4.78 is 0. The Morgan fingerprint density at radius 1 is 0.865 bits per heavy atom. The highest BCUT2D eigenvalue weighted by Crippen LogP contribution is 2.23. The number of Topliss-reactive ketones (excluding diaryl/α,β-unsaturated/α-hetero) is 1. The molecule has 1 saturated heterocycles. The molecule has 7 nitrogen and oxygen atoms in total. The van der Waals surface area contributed by atoms with Crippen LogP contribution in [0.15, 0.2) is 78.9 Å². The van der Waals surface area contributed by atoms with Gasteiger partial charge in [0.2, 0.25) is 0 Å². The zero-order chi connectivity index (χ0) is 26.8. The zero-order valence-corrected chi connectivity index (χ0v) is 21.3. The van der Waals surface area contributed by atoms with Gasteiger partial charge in [0.05, 0.1) is 6.54 Å². The van der Waals surface area contributed by atoms with Crippen molar-refractivity contribution in [3.05, 3.63) is 90.0 Å². The maximum absolute atomic E-state index is 12.8. The first kappa shape index (κ1) is 27.6. The van der Waals surface area contributed by atoms with Gasteiger partial charge in [0.1, 0.15) is 0 Å². The molecule has 0 unspecified atom stereocenters. The van der Waals surface area contributed by atoms with Crippen LogP contribution in [0.2, 0.25) is 0 Å². The Morgan fingerprint density at radius 2 is 1.46 bits per heavy atom. The molecule has 1 heterocycles. The molecule has 7 heteroatoms. The Labute approximate surface area is 217 Å². The van der Waals surface area contributed by atoms with Gasteiger partial charge in [-0.2, -0.15) is 0 Å². The molecule has 0 amide bonds. The fraction of sp³-hybridized carbons (Fsp3) is 0.300. The minimum Gasteiger partial charge on any atom is -0.478 e. The monoisotopic (exact) mass is 502 g/mol. The number of carbonyl (C=O) groups excluding carboxylic acids is 1. The zero-order valence-electron chi connectivity index (χ0n) is 21.3. The number of anilines is 1. The summed E-state index contributed by atoms with van der Waals surface area (Å²) in [6, 6.07) is 23.2. The molecule has 0 radical (unpaired) electrons. The van der Waals surface area contributed by atoms with E-state index in [4.69, 9.17) is 10.2 Å². The minimum absolute atomic E-state index is 0.230. The van der Waals surface area contributed by atoms with Crippen LogP contribution in [0.25, 0.3) is 10.8 Å². The second kappa shape index (κ2) is 13.4. The van der Waals surface area contributed by atoms with E-state index >= 15 is 0 Å². The number of carboxylic acids is 2. The number of carboxylic acid groups (broad SMARTS) is 2. The lowest BCUT2D eigenvalue weighted by Crippen LogP contribution is -2.37. The molecule has 3 aromatic carbocycles. The van der Waals surface area contributed by atoms with Crippen LogP contribution in [0.1, 0.15) is 28.8 Å². The summed E-state index contributed by atoms with van der Waals surface area (Å²) in [6.07, 6.45) is 4.59. The van der Waals surface area contributed by atoms with Gasteiger partial charge in [-0.3, -0.25) is 9.69 Å². The van der Waals surface area contributed by atoms with Crippen molar-refractivity contribution in [2.45, 2.75) is 19.3 Å². The van der Waals surface area contributed by atoms with Crippen molar-refractivity contribution in [2.75, 3.05) is 38.6 Å². The Balaban J connectivity index is 0.000000414. The second-order valence-corrected chi connectivity index (χ2v) is 9.48. The first-order valence-electron chi connectivity index (χ1n) is 12.4. The van der Waals surface area contributed by atoms with Crippen LogP contribution in [-0.2, 0) is 16.0 Å². The van der Waals surface area contributed by atoms with E-state index in [0.717, 1.165) is 30.5 Å². The number of aliphatic carboxylic acids is 2. The van der Waals surface area contributed by atoms with E-state index in [0.29, 0.717) is 24.6 Å². The molecule has 0 saturated carbocycles. The van der Waals surface area contributed by atoms with Crippen molar-refractivity contribution in [3.8, 4) is 0 Å². The maximum atomic E-state index is 12.8. The molecule has 1 aliphatic heterocycles. The smallest absolute Gasteiger partial charge is 0.328 e. The maximum Gasteiger partial charge on any atom is 0.328 e. The van der Waals surface area contributed by atoms with E-state index in [-0.39, 0.29) is 5.78 Å². The number of rotatable bonds is 8. The second-order valence-electron chi connectivity index (χ2n) is 9.48. The molecular weight excluding hydrogens is 468 g/mol. The number of piperidine rings is 1. The van der Waals surface area contributed by atoms with Crippen molar-refractivity contribution < 1.29 is 24.6 Å². The number of hydrogen-bond donors (Lipinski definition) is 2. The molecule has 4 rings (SSSR count). The van der Waals surface area contributed by atoms with Crippen LogP contribution in [0.3, 0.4) is 0 Å². The average Bonchev–Trinajstić information content (AvgIpc) is 2.89. The van der Waals surface area contributed by atoms with E-state index in [1.54, 1.807) is 0 Å². The van der Waals surface area contributed by atoms with Crippen molar-refractivity contribution in [3.63, 3.8) is 0 Å². The molecule has 0 spiro atoms. The molecule has 194 valence electrons. The van der Waals surface area contributed by atoms with E-state index in [2.05, 4.69) is 66.4 Å². The highest BCUT2D eigenvalue weighted by atomic mass is 16.4. The summed E-state index contributed by atoms with van der Waals surface area (Å²) >= 11 is 0. The number of nitrogens with zero attached hydrogens (tertiary/aromatic N) is 2. The Bertz CT molecular complexity index is 1230. The van der Waals surface area contributed by atoms with Gasteiger partial charge in [0, 0.05) is 37.5 Å². The van der Waals surface area contributed by atoms with Gasteiger partial charge in [0.15, 0.2) is 5.78 Å². The summed E-state index contributed by atoms with van der Waals surface area (Å²) in [5.74, 6) is -1.57. The van der Waals surface area contributed by atoms with Gasteiger partial charge in [0.25, 0.3) is 0 Å². The molecule has 3 aromatic rings. The topological polar surface area (TPSA) is 98.2 Å². The third kappa shape index (κ3) is 8.88. The summed E-state index contributed by atoms with van der Waals surface area (Å²) in [6.45, 7) is 2.56. The summed E-state index contributed by atoms with van der Waals surface area (Å²) in [5.41, 5.74) is 3.49. The number of fused-ring (bicyclic) bond motifs is 1. The number of hydrogen-bond acceptors (Lipinski definition) is 5. The molecule has 0 aromatic heterocycles. The molecule has 0 aliphatic carbocycles. The van der Waals surface area contributed by atoms with Crippen molar-refractivity contribution in [1.29, 1.82) is 0 Å². The Hall–Kier alpha value is -3.97. The van der Waals surface area contributed by atoms with Gasteiger partial charge < -0.3 is 15.1 Å². The van der Waals surface area contributed by atoms with Crippen molar-refractivity contribution >= 4 is 34.2 Å². The third-order valence-electron chi connectivity index (χ3n) is 6.49. The summed E-state index contributed by atoms with van der Waals surface area (Å²) in [4.78, 5) is 36.3. The Morgan fingerprint density at radius 3 is 2.03 bits per heavy atom. The lowest BCUT2D eigenvalue weighted by atomic mass is 9.90. The Kier molecular flexibility index (Phi) is 9.98. The van der Waals surface area contributed by atoms with Gasteiger partial charge in [-0.25, -0.2) is 9.59 Å². The molecular formula is C30H34N2O5. The minimum atomic E-state index is -1.26. The number of carbonyl (C=O) groups is 3. The molecule has 0 bridgehead atoms. The normalized spacial score (nSPS) is 14.2. The van der Waals surface area contributed by atoms with Crippen molar-refractivity contribution in [2.24, 2.45) is 5.92 Å². The molecule has 2 N–H and O–H groups in total. The predicted octanol–water partition coefficient (Wildman–Crippen LogP) is 4.76. The molecule has 37 heavy (non-hydrogen) atoms. The van der Waals surface area contributed by atoms with Gasteiger partial charge in [-0.05, 0) is 72.8 Å². The van der Waals surface area contributed by atoms with E-state index in [9.17, 15) is 14.4 Å². The SMILES string of the molecule is CN(C)c1ccc(CC2CCN(CC(=O)c3ccc4ccccc4c3)CC2)cc1.O=C(O)/C=C/C(=O)O. The largest absolute Gasteiger partial charge is 0.478 e. The quantitative estimate of drug-likeness (QED) is 0.339. The number of ketones is 1. The van der Waals surface area contributed by atoms with Crippen LogP contribution in [0.4, 0.5) is 5.69 Å². The van der Waals surface area contributed by atoms with Gasteiger partial charge >= 0.3 is 11.9 Å². The molecule has 1 fully saturated rings. The van der Waals surface area contributed by atoms with Gasteiger partial charge in [-0.1, -0.05) is 48.5 Å². The predicted molar refractivity (Wildman–Crippen MR) is 146 cm³/mol. The first-order valence-corrected chi connectivity index (χ1v) is 12.4. The average molecular weight is 503 g/mol. The third-order valence-corrected chi connectivity index (χ3v) is 6.49. The van der Waals surface area contributed by atoms with Crippen LogP contribution < -0.4 is 4.90 Å². The van der Waals surface area contributed by atoms with E-state index < -0.39 is 11.9 Å². The summed E-state index contributed by atoms with van der Waals surface area (Å²) in [7, 11) is 4.15. The highest BCUT2D eigenvalue weighted by Gasteiger charge is 2.21. The van der Waals surface area contributed by atoms with Crippen LogP contribution in [-0.4, -0.2) is 66.6 Å². The van der Waals surface area contributed by atoms with E-state index in [1.807, 2.05) is 24.3 Å². The first-order chi connectivity index (χ1) is 17.7. The number of likely N-dealkylation sites (tertiary alicyclic amines) is 1. The highest BCUT2D eigenvalue weighted by molar-refractivity contribution is 6.01. The lowest BCUT2D eigenvalue weighted by Gasteiger charge is -2.31. The van der Waals surface area contributed by atoms with Crippen LogP contribution in [0, 0.1) is 5.92 Å². The standard InChI is InChI=1S/C26H30N2O.C4H4O4/c1-27(2)25-11-7-20(8-12-25)17-21-13-15-28(16-14-21)19-26(29)24-10-9-22-5-3-4-6-23(22)18-24;5-3(6)1-2-4(7)8/h3-12,18,21H,13-17,19H2,1-2H3;1-2H,(H,5,6)(H,7,8)/b;2-1+. The molecule has 0 atom stereocenters. The fourth-order valence-electron chi connectivity index (χ4n) is 4.41.